The number of thioether (sulfide) groups is 1. The summed E-state index contributed by atoms with van der Waals surface area (Å²) in [6.45, 7) is 1.66. The Morgan fingerprint density at radius 1 is 1.22 bits per heavy atom. The normalized spacial score (nSPS) is 17.0. The Kier molecular flexibility index (Phi) is 4.07. The van der Waals surface area contributed by atoms with Crippen LogP contribution in [0.2, 0.25) is 0 Å². The van der Waals surface area contributed by atoms with Crippen LogP contribution in [0.5, 0.6) is 0 Å². The molecule has 1 aromatic carbocycles. The number of hydrogen-bond acceptors (Lipinski definition) is 3. The van der Waals surface area contributed by atoms with Gasteiger partial charge >= 0.3 is 6.18 Å². The van der Waals surface area contributed by atoms with Gasteiger partial charge in [0.15, 0.2) is 0 Å². The van der Waals surface area contributed by atoms with Gasteiger partial charge in [0.1, 0.15) is 0 Å². The predicted molar refractivity (Wildman–Crippen MR) is 68.9 cm³/mol. The summed E-state index contributed by atoms with van der Waals surface area (Å²) in [6.07, 6.45) is -4.33. The van der Waals surface area contributed by atoms with Crippen LogP contribution in [0.25, 0.3) is 0 Å². The van der Waals surface area contributed by atoms with Crippen molar-refractivity contribution < 1.29 is 13.2 Å². The van der Waals surface area contributed by atoms with Crippen LogP contribution < -0.4 is 10.6 Å². The molecule has 1 aliphatic rings. The van der Waals surface area contributed by atoms with E-state index in [0.717, 1.165) is 36.3 Å². The van der Waals surface area contributed by atoms with Crippen molar-refractivity contribution in [1.29, 1.82) is 0 Å². The van der Waals surface area contributed by atoms with E-state index in [4.69, 9.17) is 5.73 Å². The summed E-state index contributed by atoms with van der Waals surface area (Å²) < 4.78 is 38.2. The van der Waals surface area contributed by atoms with Gasteiger partial charge in [-0.25, -0.2) is 0 Å². The molecule has 0 atom stereocenters. The molecule has 1 fully saturated rings. The lowest BCUT2D eigenvalue weighted by Gasteiger charge is -2.29. The molecule has 0 amide bonds. The second-order valence-corrected chi connectivity index (χ2v) is 5.37. The van der Waals surface area contributed by atoms with Crippen LogP contribution in [0.4, 0.5) is 18.9 Å². The van der Waals surface area contributed by atoms with Gasteiger partial charge in [0.2, 0.25) is 0 Å². The molecular weight excluding hydrogens is 261 g/mol. The predicted octanol–water partition coefficient (Wildman–Crippen LogP) is 2.72. The minimum Gasteiger partial charge on any atom is -0.370 e. The summed E-state index contributed by atoms with van der Waals surface area (Å²) in [5.41, 5.74) is 5.80. The van der Waals surface area contributed by atoms with Gasteiger partial charge in [-0.05, 0) is 23.8 Å². The van der Waals surface area contributed by atoms with Crippen molar-refractivity contribution >= 4 is 17.4 Å². The second-order valence-electron chi connectivity index (χ2n) is 4.14. The third-order valence-corrected chi connectivity index (χ3v) is 3.93. The van der Waals surface area contributed by atoms with E-state index < -0.39 is 11.7 Å². The Morgan fingerprint density at radius 3 is 2.44 bits per heavy atom. The molecule has 2 N–H and O–H groups in total. The lowest BCUT2D eigenvalue weighted by atomic mass is 10.1. The summed E-state index contributed by atoms with van der Waals surface area (Å²) in [5.74, 6) is 2.03. The monoisotopic (exact) mass is 276 g/mol. The first-order valence-electron chi connectivity index (χ1n) is 5.75. The van der Waals surface area contributed by atoms with E-state index in [9.17, 15) is 13.2 Å². The number of nitrogens with two attached hydrogens (primary N) is 1. The van der Waals surface area contributed by atoms with Crippen molar-refractivity contribution in [3.8, 4) is 0 Å². The van der Waals surface area contributed by atoms with E-state index in [2.05, 4.69) is 4.90 Å². The Morgan fingerprint density at radius 2 is 1.89 bits per heavy atom. The van der Waals surface area contributed by atoms with E-state index in [-0.39, 0.29) is 12.1 Å². The van der Waals surface area contributed by atoms with E-state index >= 15 is 0 Å². The Hall–Kier alpha value is -0.880. The first-order valence-corrected chi connectivity index (χ1v) is 6.90. The first-order chi connectivity index (χ1) is 8.52. The number of nitrogens with zero attached hydrogens (tertiary/aromatic N) is 1. The molecule has 18 heavy (non-hydrogen) atoms. The fraction of sp³-hybridized carbons (Fsp3) is 0.500. The van der Waals surface area contributed by atoms with Gasteiger partial charge in [-0.1, -0.05) is 0 Å². The largest absolute Gasteiger partial charge is 0.416 e. The molecule has 0 bridgehead atoms. The molecule has 6 heteroatoms. The minimum absolute atomic E-state index is 0.0920. The topological polar surface area (TPSA) is 29.3 Å². The second kappa shape index (κ2) is 5.40. The maximum atomic E-state index is 12.7. The van der Waals surface area contributed by atoms with Crippen LogP contribution in [-0.2, 0) is 12.7 Å². The molecular formula is C12H15F3N2S. The first kappa shape index (κ1) is 13.5. The quantitative estimate of drug-likeness (QED) is 0.900. The van der Waals surface area contributed by atoms with Crippen molar-refractivity contribution in [3.63, 3.8) is 0 Å². The zero-order valence-corrected chi connectivity index (χ0v) is 10.7. The molecule has 0 radical (unpaired) electrons. The fourth-order valence-electron chi connectivity index (χ4n) is 2.04. The standard InChI is InChI=1S/C12H15F3N2S/c13-12(14,15)11-2-1-10(7-9(11)8-16)17-3-5-18-6-4-17/h1-2,7H,3-6,8,16H2. The summed E-state index contributed by atoms with van der Waals surface area (Å²) in [4.78, 5) is 2.11. The SMILES string of the molecule is NCc1cc(N2CCSCC2)ccc1C(F)(F)F. The average molecular weight is 276 g/mol. The van der Waals surface area contributed by atoms with Crippen LogP contribution in [-0.4, -0.2) is 24.6 Å². The summed E-state index contributed by atoms with van der Waals surface area (Å²) in [6, 6.07) is 4.25. The van der Waals surface area contributed by atoms with Gasteiger partial charge < -0.3 is 10.6 Å². The number of alkyl halides is 3. The lowest BCUT2D eigenvalue weighted by Crippen LogP contribution is -2.32. The number of rotatable bonds is 2. The van der Waals surface area contributed by atoms with Crippen LogP contribution in [0.1, 0.15) is 11.1 Å². The molecule has 1 aliphatic heterocycles. The molecule has 2 nitrogen and oxygen atoms in total. The van der Waals surface area contributed by atoms with E-state index in [0.29, 0.717) is 0 Å². The molecule has 0 aliphatic carbocycles. The fourth-order valence-corrected chi connectivity index (χ4v) is 2.95. The van der Waals surface area contributed by atoms with Gasteiger partial charge in [0.05, 0.1) is 5.56 Å². The minimum atomic E-state index is -4.33. The van der Waals surface area contributed by atoms with Crippen LogP contribution in [0.3, 0.4) is 0 Å². The maximum absolute atomic E-state index is 12.7. The number of benzene rings is 1. The lowest BCUT2D eigenvalue weighted by molar-refractivity contribution is -0.138. The Bertz CT molecular complexity index is 414. The molecule has 100 valence electrons. The van der Waals surface area contributed by atoms with E-state index in [1.54, 1.807) is 6.07 Å². The number of anilines is 1. The van der Waals surface area contributed by atoms with Crippen molar-refractivity contribution in [1.82, 2.24) is 0 Å². The van der Waals surface area contributed by atoms with Crippen molar-refractivity contribution in [2.75, 3.05) is 29.5 Å². The molecule has 0 unspecified atom stereocenters. The smallest absolute Gasteiger partial charge is 0.370 e. The molecule has 1 heterocycles. The Labute approximate surface area is 108 Å². The maximum Gasteiger partial charge on any atom is 0.416 e. The van der Waals surface area contributed by atoms with Crippen LogP contribution in [0.15, 0.2) is 18.2 Å². The number of hydrogen-bond donors (Lipinski definition) is 1. The van der Waals surface area contributed by atoms with Crippen LogP contribution >= 0.6 is 11.8 Å². The molecule has 1 saturated heterocycles. The van der Waals surface area contributed by atoms with E-state index in [1.807, 2.05) is 11.8 Å². The third-order valence-electron chi connectivity index (χ3n) is 2.99. The third kappa shape index (κ3) is 2.92. The zero-order chi connectivity index (χ0) is 13.2. The number of halogens is 3. The summed E-state index contributed by atoms with van der Waals surface area (Å²) in [7, 11) is 0. The van der Waals surface area contributed by atoms with Gasteiger partial charge in [0.25, 0.3) is 0 Å². The molecule has 1 aromatic rings. The average Bonchev–Trinajstić information content (AvgIpc) is 2.38. The van der Waals surface area contributed by atoms with Crippen molar-refractivity contribution in [2.45, 2.75) is 12.7 Å². The molecule has 2 rings (SSSR count). The highest BCUT2D eigenvalue weighted by Gasteiger charge is 2.33. The van der Waals surface area contributed by atoms with Crippen molar-refractivity contribution in [3.05, 3.63) is 29.3 Å². The summed E-state index contributed by atoms with van der Waals surface area (Å²) >= 11 is 1.86. The zero-order valence-electron chi connectivity index (χ0n) is 9.83. The van der Waals surface area contributed by atoms with Gasteiger partial charge in [-0.2, -0.15) is 24.9 Å². The van der Waals surface area contributed by atoms with Crippen LogP contribution in [0, 0.1) is 0 Å². The van der Waals surface area contributed by atoms with Crippen molar-refractivity contribution in [2.24, 2.45) is 5.73 Å². The molecule has 0 saturated carbocycles. The molecule has 0 spiro atoms. The highest BCUT2D eigenvalue weighted by Crippen LogP contribution is 2.34. The van der Waals surface area contributed by atoms with Gasteiger partial charge in [-0.3, -0.25) is 0 Å². The Balaban J connectivity index is 2.29. The molecule has 0 aromatic heterocycles. The van der Waals surface area contributed by atoms with E-state index in [1.165, 1.54) is 6.07 Å². The highest BCUT2D eigenvalue weighted by molar-refractivity contribution is 7.99. The van der Waals surface area contributed by atoms with Gasteiger partial charge in [0, 0.05) is 36.8 Å². The van der Waals surface area contributed by atoms with Gasteiger partial charge in [-0.15, -0.1) is 0 Å². The highest BCUT2D eigenvalue weighted by atomic mass is 32.2. The summed E-state index contributed by atoms with van der Waals surface area (Å²) in [5, 5.41) is 0.